The van der Waals surface area contributed by atoms with Crippen molar-refractivity contribution in [1.29, 1.82) is 0 Å². The van der Waals surface area contributed by atoms with Gasteiger partial charge >= 0.3 is 0 Å². The van der Waals surface area contributed by atoms with Crippen LogP contribution in [0.15, 0.2) is 30.3 Å². The summed E-state index contributed by atoms with van der Waals surface area (Å²) >= 11 is 0. The molecule has 2 heteroatoms. The van der Waals surface area contributed by atoms with Crippen molar-refractivity contribution in [3.8, 4) is 5.75 Å². The maximum atomic E-state index is 11.6. The van der Waals surface area contributed by atoms with Crippen molar-refractivity contribution in [2.45, 2.75) is 0 Å². The summed E-state index contributed by atoms with van der Waals surface area (Å²) in [4.78, 5) is 0. The Labute approximate surface area is 59.4 Å². The molecule has 1 nitrogen and oxygen atoms in total. The van der Waals surface area contributed by atoms with Crippen molar-refractivity contribution in [3.05, 3.63) is 30.3 Å². The van der Waals surface area contributed by atoms with E-state index in [1.165, 1.54) is 0 Å². The molecule has 0 aromatic heterocycles. The summed E-state index contributed by atoms with van der Waals surface area (Å²) in [6.07, 6.45) is 0. The molecule has 0 heterocycles. The molecule has 54 valence electrons. The Hall–Kier alpha value is -1.05. The van der Waals surface area contributed by atoms with Gasteiger partial charge in [-0.15, -0.1) is 0 Å². The van der Waals surface area contributed by atoms with Crippen LogP contribution in [-0.2, 0) is 0 Å². The van der Waals surface area contributed by atoms with E-state index in [1.54, 1.807) is 12.1 Å². The number of halogens is 1. The molecule has 0 radical (unpaired) electrons. The Morgan fingerprint density at radius 1 is 1.20 bits per heavy atom. The van der Waals surface area contributed by atoms with E-state index >= 15 is 0 Å². The van der Waals surface area contributed by atoms with Gasteiger partial charge in [0.25, 0.3) is 0 Å². The molecular weight excluding hydrogens is 130 g/mol. The Morgan fingerprint density at radius 2 is 1.90 bits per heavy atom. The number of alkyl halides is 1. The molecule has 0 saturated heterocycles. The first-order chi connectivity index (χ1) is 4.93. The number of ether oxygens (including phenoxy) is 1. The normalized spacial score (nSPS) is 9.30. The summed E-state index contributed by atoms with van der Waals surface area (Å²) in [6.45, 7) is -0.293. The van der Waals surface area contributed by atoms with E-state index in [9.17, 15) is 4.39 Å². The number of benzene rings is 1. The quantitative estimate of drug-likeness (QED) is 0.622. The predicted octanol–water partition coefficient (Wildman–Crippen LogP) is 2.03. The van der Waals surface area contributed by atoms with Gasteiger partial charge in [-0.05, 0) is 12.1 Å². The standard InChI is InChI=1S/C8H9FO/c9-6-7-10-8-4-2-1-3-5-8/h1-5H,6-7H2/i9-1. The Kier molecular flexibility index (Phi) is 2.74. The SMILES string of the molecule is [18F]CCOc1ccccc1. The number of hydrogen-bond donors (Lipinski definition) is 0. The van der Waals surface area contributed by atoms with Crippen LogP contribution in [0, 0.1) is 0 Å². The van der Waals surface area contributed by atoms with Gasteiger partial charge in [0.05, 0.1) is 0 Å². The first-order valence-electron chi connectivity index (χ1n) is 3.17. The monoisotopic (exact) mass is 139 g/mol. The summed E-state index contributed by atoms with van der Waals surface area (Å²) in [5, 5.41) is 0. The van der Waals surface area contributed by atoms with Crippen molar-refractivity contribution in [1.82, 2.24) is 0 Å². The minimum Gasteiger partial charge on any atom is -0.491 e. The topological polar surface area (TPSA) is 9.23 Å². The highest BCUT2D eigenvalue weighted by molar-refractivity contribution is 5.20. The zero-order valence-electron chi connectivity index (χ0n) is 5.59. The van der Waals surface area contributed by atoms with Gasteiger partial charge in [0.2, 0.25) is 0 Å². The Balaban J connectivity index is 2.43. The minimum absolute atomic E-state index is 0.143. The number of para-hydroxylation sites is 1. The highest BCUT2D eigenvalue weighted by Gasteiger charge is 1.87. The first-order valence-corrected chi connectivity index (χ1v) is 3.17. The third-order valence-corrected chi connectivity index (χ3v) is 1.09. The fraction of sp³-hybridized carbons (Fsp3) is 0.250. The fourth-order valence-corrected chi connectivity index (χ4v) is 0.673. The van der Waals surface area contributed by atoms with Crippen LogP contribution in [0.4, 0.5) is 4.39 Å². The van der Waals surface area contributed by atoms with E-state index < -0.39 is 6.67 Å². The van der Waals surface area contributed by atoms with Crippen LogP contribution in [0.1, 0.15) is 0 Å². The molecule has 0 bridgehead atoms. The van der Waals surface area contributed by atoms with Crippen molar-refractivity contribution in [3.63, 3.8) is 0 Å². The van der Waals surface area contributed by atoms with E-state index in [2.05, 4.69) is 0 Å². The van der Waals surface area contributed by atoms with Crippen LogP contribution < -0.4 is 4.74 Å². The van der Waals surface area contributed by atoms with E-state index in [4.69, 9.17) is 4.74 Å². The minimum atomic E-state index is -0.436. The average molecular weight is 139 g/mol. The van der Waals surface area contributed by atoms with Gasteiger partial charge in [-0.1, -0.05) is 18.2 Å². The molecule has 0 spiro atoms. The highest BCUT2D eigenvalue weighted by atomic mass is 18.2. The van der Waals surface area contributed by atoms with Crippen molar-refractivity contribution in [2.75, 3.05) is 13.3 Å². The highest BCUT2D eigenvalue weighted by Crippen LogP contribution is 2.07. The molecule has 0 amide bonds. The van der Waals surface area contributed by atoms with Crippen LogP contribution in [0.25, 0.3) is 0 Å². The maximum Gasteiger partial charge on any atom is 0.123 e. The Bertz CT molecular complexity index is 174. The van der Waals surface area contributed by atoms with Crippen LogP contribution in [-0.4, -0.2) is 13.3 Å². The summed E-state index contributed by atoms with van der Waals surface area (Å²) < 4.78 is 16.5. The van der Waals surface area contributed by atoms with E-state index in [1.807, 2.05) is 18.2 Å². The summed E-state index contributed by atoms with van der Waals surface area (Å²) in [5.74, 6) is 0.722. The van der Waals surface area contributed by atoms with Gasteiger partial charge in [0.1, 0.15) is 19.0 Å². The molecule has 1 aromatic rings. The van der Waals surface area contributed by atoms with Gasteiger partial charge in [-0.3, -0.25) is 0 Å². The smallest absolute Gasteiger partial charge is 0.123 e. The summed E-state index contributed by atoms with van der Waals surface area (Å²) in [6, 6.07) is 9.20. The molecule has 0 fully saturated rings. The van der Waals surface area contributed by atoms with Crippen LogP contribution in [0.2, 0.25) is 0 Å². The average Bonchev–Trinajstić information content (AvgIpc) is 2.03. The molecule has 0 aliphatic heterocycles. The molecule has 0 unspecified atom stereocenters. The van der Waals surface area contributed by atoms with E-state index in [0.29, 0.717) is 0 Å². The fourth-order valence-electron chi connectivity index (χ4n) is 0.673. The summed E-state index contributed by atoms with van der Waals surface area (Å²) in [7, 11) is 0. The molecule has 0 atom stereocenters. The number of rotatable bonds is 3. The zero-order valence-corrected chi connectivity index (χ0v) is 5.59. The largest absolute Gasteiger partial charge is 0.491 e. The van der Waals surface area contributed by atoms with Gasteiger partial charge in [-0.2, -0.15) is 0 Å². The third kappa shape index (κ3) is 2.05. The van der Waals surface area contributed by atoms with Gasteiger partial charge in [0, 0.05) is 0 Å². The molecule has 0 N–H and O–H groups in total. The zero-order chi connectivity index (χ0) is 7.23. The van der Waals surface area contributed by atoms with Crippen LogP contribution in [0.5, 0.6) is 5.75 Å². The lowest BCUT2D eigenvalue weighted by Crippen LogP contribution is -1.97. The van der Waals surface area contributed by atoms with Gasteiger partial charge < -0.3 is 4.74 Å². The van der Waals surface area contributed by atoms with Crippen molar-refractivity contribution >= 4 is 0 Å². The second kappa shape index (κ2) is 3.88. The van der Waals surface area contributed by atoms with Crippen molar-refractivity contribution < 1.29 is 9.13 Å². The molecule has 0 aliphatic rings. The Morgan fingerprint density at radius 3 is 2.50 bits per heavy atom. The number of hydrogen-bond acceptors (Lipinski definition) is 1. The molecule has 10 heavy (non-hydrogen) atoms. The molecular formula is C8H9FO. The molecule has 1 aromatic carbocycles. The van der Waals surface area contributed by atoms with Gasteiger partial charge in [0.15, 0.2) is 0 Å². The lowest BCUT2D eigenvalue weighted by molar-refractivity contribution is 0.273. The molecule has 1 rings (SSSR count). The molecule has 0 aliphatic carbocycles. The first kappa shape index (κ1) is 7.06. The lowest BCUT2D eigenvalue weighted by Gasteiger charge is -2.00. The second-order valence-electron chi connectivity index (χ2n) is 1.85. The van der Waals surface area contributed by atoms with Crippen molar-refractivity contribution in [2.24, 2.45) is 0 Å². The van der Waals surface area contributed by atoms with Crippen LogP contribution in [0.3, 0.4) is 0 Å². The van der Waals surface area contributed by atoms with E-state index in [0.717, 1.165) is 5.75 Å². The predicted molar refractivity (Wildman–Crippen MR) is 37.9 cm³/mol. The third-order valence-electron chi connectivity index (χ3n) is 1.09. The van der Waals surface area contributed by atoms with Crippen LogP contribution >= 0.6 is 0 Å². The maximum absolute atomic E-state index is 11.6. The summed E-state index contributed by atoms with van der Waals surface area (Å²) in [5.41, 5.74) is 0. The molecule has 0 saturated carbocycles. The second-order valence-corrected chi connectivity index (χ2v) is 1.85. The lowest BCUT2D eigenvalue weighted by atomic mass is 10.3. The van der Waals surface area contributed by atoms with E-state index in [-0.39, 0.29) is 6.61 Å². The van der Waals surface area contributed by atoms with Gasteiger partial charge in [-0.25, -0.2) is 4.39 Å².